The van der Waals surface area contributed by atoms with E-state index in [-0.39, 0.29) is 19.2 Å². The number of ether oxygens (including phenoxy) is 1. The number of amides is 1. The molecule has 0 bridgehead atoms. The van der Waals surface area contributed by atoms with Crippen molar-refractivity contribution in [1.82, 2.24) is 4.90 Å². The highest BCUT2D eigenvalue weighted by Gasteiger charge is 2.32. The number of carbonyl (C=O) groups excluding carboxylic acids is 1. The van der Waals surface area contributed by atoms with Crippen LogP contribution in [0.3, 0.4) is 0 Å². The van der Waals surface area contributed by atoms with E-state index in [9.17, 15) is 4.79 Å². The summed E-state index contributed by atoms with van der Waals surface area (Å²) in [5.41, 5.74) is 12.9. The van der Waals surface area contributed by atoms with Crippen LogP contribution in [0.5, 0.6) is 0 Å². The highest BCUT2D eigenvalue weighted by Crippen LogP contribution is 2.22. The summed E-state index contributed by atoms with van der Waals surface area (Å²) in [6.45, 7) is 0.953. The van der Waals surface area contributed by atoms with Crippen LogP contribution in [-0.4, -0.2) is 41.9 Å². The Morgan fingerprint density at radius 1 is 0.909 bits per heavy atom. The van der Waals surface area contributed by atoms with E-state index in [4.69, 9.17) is 15.3 Å². The number of rotatable bonds is 6. The average Bonchev–Trinajstić information content (AvgIpc) is 2.88. The fourth-order valence-corrected chi connectivity index (χ4v) is 3.90. The van der Waals surface area contributed by atoms with Crippen molar-refractivity contribution in [1.29, 1.82) is 0 Å². The molecule has 1 aliphatic heterocycles. The number of hydrogen-bond donors (Lipinski definition) is 0. The molecule has 1 amide bonds. The number of aliphatic imine (C=N–C) groups is 1. The van der Waals surface area contributed by atoms with Gasteiger partial charge >= 0.3 is 6.09 Å². The number of likely N-dealkylation sites (tertiary alicyclic amines) is 1. The minimum Gasteiger partial charge on any atom is -0.445 e. The fourth-order valence-electron chi connectivity index (χ4n) is 3.90. The van der Waals surface area contributed by atoms with Gasteiger partial charge in [0.2, 0.25) is 0 Å². The number of carbonyl (C=O) groups is 1. The number of nitrogens with zero attached hydrogens (tertiary/aromatic N) is 5. The Bertz CT molecular complexity index is 1090. The fraction of sp³-hybridized carbons (Fsp3) is 0.231. The van der Waals surface area contributed by atoms with Crippen molar-refractivity contribution in [3.8, 4) is 0 Å². The second kappa shape index (κ2) is 11.0. The minimum absolute atomic E-state index is 0.204. The lowest BCUT2D eigenvalue weighted by Crippen LogP contribution is -2.48. The van der Waals surface area contributed by atoms with Gasteiger partial charge in [-0.05, 0) is 17.5 Å². The second-order valence-corrected chi connectivity index (χ2v) is 7.82. The van der Waals surface area contributed by atoms with E-state index < -0.39 is 12.1 Å². The molecule has 1 saturated heterocycles. The highest BCUT2D eigenvalue weighted by atomic mass is 16.6. The van der Waals surface area contributed by atoms with Crippen LogP contribution in [0.25, 0.3) is 10.4 Å². The quantitative estimate of drug-likeness (QED) is 0.216. The van der Waals surface area contributed by atoms with Crippen LogP contribution < -0.4 is 0 Å². The summed E-state index contributed by atoms with van der Waals surface area (Å²) < 4.78 is 5.47. The first-order valence-corrected chi connectivity index (χ1v) is 10.9. The molecule has 0 aromatic heterocycles. The van der Waals surface area contributed by atoms with Crippen LogP contribution in [-0.2, 0) is 11.3 Å². The van der Waals surface area contributed by atoms with Crippen molar-refractivity contribution < 1.29 is 9.53 Å². The van der Waals surface area contributed by atoms with Crippen LogP contribution in [0.4, 0.5) is 4.79 Å². The van der Waals surface area contributed by atoms with Crippen molar-refractivity contribution in [2.75, 3.05) is 13.1 Å². The maximum Gasteiger partial charge on any atom is 0.410 e. The molecule has 0 spiro atoms. The van der Waals surface area contributed by atoms with Crippen molar-refractivity contribution >= 4 is 11.8 Å². The number of hydrogen-bond acceptors (Lipinski definition) is 4. The second-order valence-electron chi connectivity index (χ2n) is 7.82. The van der Waals surface area contributed by atoms with Crippen LogP contribution in [0, 0.1) is 0 Å². The molecule has 0 radical (unpaired) electrons. The molecule has 7 heteroatoms. The molecule has 0 aliphatic carbocycles. The largest absolute Gasteiger partial charge is 0.445 e. The summed E-state index contributed by atoms with van der Waals surface area (Å²) >= 11 is 0. The lowest BCUT2D eigenvalue weighted by Gasteiger charge is -2.34. The summed E-state index contributed by atoms with van der Waals surface area (Å²) in [6.07, 6.45) is 0.165. The zero-order chi connectivity index (χ0) is 22.9. The predicted molar refractivity (Wildman–Crippen MR) is 128 cm³/mol. The van der Waals surface area contributed by atoms with Gasteiger partial charge < -0.3 is 9.64 Å². The minimum atomic E-state index is -0.476. The first kappa shape index (κ1) is 22.1. The predicted octanol–water partition coefficient (Wildman–Crippen LogP) is 5.61. The van der Waals surface area contributed by atoms with Crippen LogP contribution >= 0.6 is 0 Å². The Morgan fingerprint density at radius 3 is 2.06 bits per heavy atom. The molecule has 0 saturated carbocycles. The third-order valence-corrected chi connectivity index (χ3v) is 5.60. The molecular weight excluding hydrogens is 414 g/mol. The third-order valence-electron chi connectivity index (χ3n) is 5.60. The molecule has 3 aromatic carbocycles. The maximum absolute atomic E-state index is 12.6. The number of azide groups is 1. The maximum atomic E-state index is 12.6. The first-order chi connectivity index (χ1) is 16.2. The van der Waals surface area contributed by atoms with E-state index >= 15 is 0 Å². The van der Waals surface area contributed by atoms with Crippen molar-refractivity contribution in [2.45, 2.75) is 25.1 Å². The van der Waals surface area contributed by atoms with E-state index in [0.29, 0.717) is 13.0 Å². The van der Waals surface area contributed by atoms with Gasteiger partial charge in [-0.3, -0.25) is 4.99 Å². The van der Waals surface area contributed by atoms with E-state index in [1.54, 1.807) is 4.90 Å². The highest BCUT2D eigenvalue weighted by molar-refractivity contribution is 6.13. The lowest BCUT2D eigenvalue weighted by molar-refractivity contribution is 0.0837. The lowest BCUT2D eigenvalue weighted by atomic mass is 9.97. The normalized spacial score (nSPS) is 17.5. The van der Waals surface area contributed by atoms with Crippen molar-refractivity contribution in [3.63, 3.8) is 0 Å². The Morgan fingerprint density at radius 2 is 1.48 bits per heavy atom. The molecule has 1 heterocycles. The van der Waals surface area contributed by atoms with E-state index in [0.717, 1.165) is 22.4 Å². The zero-order valence-corrected chi connectivity index (χ0v) is 18.2. The van der Waals surface area contributed by atoms with E-state index in [1.165, 1.54) is 0 Å². The molecule has 3 aromatic rings. The van der Waals surface area contributed by atoms with Gasteiger partial charge in [0.1, 0.15) is 6.61 Å². The molecule has 1 fully saturated rings. The SMILES string of the molecule is [N-]=[N+]=N[C@H]1CN(C(=O)OCc2ccccc2)CC[C@H]1N=C(c1ccccc1)c1ccccc1. The molecule has 1 aliphatic rings. The average molecular weight is 440 g/mol. The molecule has 4 rings (SSSR count). The van der Waals surface area contributed by atoms with Crippen molar-refractivity contribution in [3.05, 3.63) is 118 Å². The Kier molecular flexibility index (Phi) is 7.36. The summed E-state index contributed by atoms with van der Waals surface area (Å²) in [4.78, 5) is 22.3. The Hall–Kier alpha value is -4.09. The molecule has 166 valence electrons. The van der Waals surface area contributed by atoms with Gasteiger partial charge in [-0.15, -0.1) is 0 Å². The van der Waals surface area contributed by atoms with Gasteiger partial charge in [0, 0.05) is 29.1 Å². The monoisotopic (exact) mass is 439 g/mol. The van der Waals surface area contributed by atoms with Gasteiger partial charge in [0.15, 0.2) is 0 Å². The smallest absolute Gasteiger partial charge is 0.410 e. The zero-order valence-electron chi connectivity index (χ0n) is 18.2. The Balaban J connectivity index is 1.52. The number of piperidine rings is 1. The van der Waals surface area contributed by atoms with E-state index in [1.807, 2.05) is 91.0 Å². The first-order valence-electron chi connectivity index (χ1n) is 10.9. The van der Waals surface area contributed by atoms with Crippen molar-refractivity contribution in [2.24, 2.45) is 10.1 Å². The number of benzene rings is 3. The van der Waals surface area contributed by atoms with Crippen LogP contribution in [0.1, 0.15) is 23.1 Å². The summed E-state index contributed by atoms with van der Waals surface area (Å²) in [6, 6.07) is 28.7. The van der Waals surface area contributed by atoms with Crippen LogP contribution in [0.15, 0.2) is 101 Å². The molecule has 0 unspecified atom stereocenters. The molecule has 0 N–H and O–H groups in total. The Labute approximate surface area is 193 Å². The van der Waals surface area contributed by atoms with Gasteiger partial charge in [-0.1, -0.05) is 96.1 Å². The van der Waals surface area contributed by atoms with Gasteiger partial charge in [-0.25, -0.2) is 4.79 Å². The molecule has 2 atom stereocenters. The molecule has 7 nitrogen and oxygen atoms in total. The summed E-state index contributed by atoms with van der Waals surface area (Å²) in [7, 11) is 0. The van der Waals surface area contributed by atoms with Crippen LogP contribution in [0.2, 0.25) is 0 Å². The molecule has 33 heavy (non-hydrogen) atoms. The van der Waals surface area contributed by atoms with Gasteiger partial charge in [-0.2, -0.15) is 0 Å². The van der Waals surface area contributed by atoms with Gasteiger partial charge in [0.25, 0.3) is 0 Å². The van der Waals surface area contributed by atoms with E-state index in [2.05, 4.69) is 10.0 Å². The third kappa shape index (κ3) is 5.79. The summed E-state index contributed by atoms with van der Waals surface area (Å²) in [5.74, 6) is 0. The topological polar surface area (TPSA) is 90.7 Å². The molecular formula is C26H25N5O2. The summed E-state index contributed by atoms with van der Waals surface area (Å²) in [5, 5.41) is 3.98. The standard InChI is InChI=1S/C26H25N5O2/c27-30-29-24-18-31(26(32)33-19-20-10-4-1-5-11-20)17-16-23(24)28-25(21-12-6-2-7-13-21)22-14-8-3-9-15-22/h1-15,23-24H,16-19H2/t23-,24+/m1/s1. The van der Waals surface area contributed by atoms with Gasteiger partial charge in [0.05, 0.1) is 17.8 Å².